The van der Waals surface area contributed by atoms with Gasteiger partial charge in [-0.05, 0) is 43.2 Å². The molecule has 3 aliphatic rings. The Balaban J connectivity index is 1.04. The quantitative estimate of drug-likeness (QED) is 0.420. The Morgan fingerprint density at radius 2 is 1.53 bits per heavy atom. The van der Waals surface area contributed by atoms with E-state index in [-0.39, 0.29) is 6.61 Å². The van der Waals surface area contributed by atoms with Crippen molar-refractivity contribution < 1.29 is 9.84 Å². The molecule has 0 amide bonds. The Kier molecular flexibility index (Phi) is 7.94. The van der Waals surface area contributed by atoms with Crippen LogP contribution in [0.3, 0.4) is 0 Å². The molecule has 8 nitrogen and oxygen atoms in total. The van der Waals surface area contributed by atoms with Crippen LogP contribution in [0.1, 0.15) is 51.4 Å². The topological polar surface area (TPSA) is 87.5 Å². The van der Waals surface area contributed by atoms with Crippen LogP contribution in [0.15, 0.2) is 48.3 Å². The van der Waals surface area contributed by atoms with E-state index in [2.05, 4.69) is 50.3 Å². The third kappa shape index (κ3) is 5.90. The van der Waals surface area contributed by atoms with Crippen molar-refractivity contribution in [1.82, 2.24) is 20.2 Å². The summed E-state index contributed by atoms with van der Waals surface area (Å²) in [5, 5.41) is 20.0. The molecule has 0 spiro atoms. The van der Waals surface area contributed by atoms with Crippen LogP contribution in [0.2, 0.25) is 0 Å². The number of nitrogens with zero attached hydrogens (tertiary/aromatic N) is 6. The summed E-state index contributed by atoms with van der Waals surface area (Å²) in [7, 11) is 0. The number of rotatable bonds is 7. The zero-order valence-electron chi connectivity index (χ0n) is 21.8. The predicted octanol–water partition coefficient (Wildman–Crippen LogP) is 5.11. The molecule has 2 fully saturated rings. The first-order chi connectivity index (χ1) is 18.7. The Bertz CT molecular complexity index is 1210. The number of ether oxygens (including phenoxy) is 1. The summed E-state index contributed by atoms with van der Waals surface area (Å²) < 4.78 is 6.39. The van der Waals surface area contributed by atoms with Gasteiger partial charge in [0.25, 0.3) is 0 Å². The van der Waals surface area contributed by atoms with Crippen molar-refractivity contribution in [1.29, 1.82) is 0 Å². The highest BCUT2D eigenvalue weighted by Gasteiger charge is 2.25. The second-order valence-electron chi connectivity index (χ2n) is 10.5. The van der Waals surface area contributed by atoms with Gasteiger partial charge in [-0.15, -0.1) is 10.2 Å². The van der Waals surface area contributed by atoms with Crippen molar-refractivity contribution in [3.8, 4) is 21.7 Å². The molecule has 1 N–H and O–H groups in total. The molecule has 0 radical (unpaired) electrons. The van der Waals surface area contributed by atoms with Crippen LogP contribution >= 0.6 is 11.3 Å². The summed E-state index contributed by atoms with van der Waals surface area (Å²) in [5.41, 5.74) is 4.25. The summed E-state index contributed by atoms with van der Waals surface area (Å²) in [6.07, 6.45) is 16.2. The maximum atomic E-state index is 9.31. The minimum atomic E-state index is 0.143. The van der Waals surface area contributed by atoms with E-state index in [9.17, 15) is 5.11 Å². The second kappa shape index (κ2) is 11.9. The number of anilines is 2. The molecule has 1 aliphatic carbocycles. The largest absolute Gasteiger partial charge is 0.392 e. The monoisotopic (exact) mass is 532 g/mol. The van der Waals surface area contributed by atoms with Crippen molar-refractivity contribution in [2.75, 3.05) is 42.6 Å². The van der Waals surface area contributed by atoms with Gasteiger partial charge in [0.2, 0.25) is 11.1 Å². The minimum absolute atomic E-state index is 0.143. The van der Waals surface area contributed by atoms with Gasteiger partial charge in [0, 0.05) is 49.7 Å². The molecule has 3 aromatic rings. The molecule has 200 valence electrons. The smallest absolute Gasteiger partial charge is 0.225 e. The molecular weight excluding hydrogens is 496 g/mol. The Morgan fingerprint density at radius 1 is 0.816 bits per heavy atom. The highest BCUT2D eigenvalue weighted by atomic mass is 32.1. The Labute approximate surface area is 228 Å². The molecule has 0 bridgehead atoms. The van der Waals surface area contributed by atoms with Gasteiger partial charge in [0.05, 0.1) is 18.8 Å². The summed E-state index contributed by atoms with van der Waals surface area (Å²) in [4.78, 5) is 13.9. The first-order valence-corrected chi connectivity index (χ1v) is 14.8. The number of aromatic nitrogens is 4. The van der Waals surface area contributed by atoms with Crippen LogP contribution in [0.25, 0.3) is 21.7 Å². The van der Waals surface area contributed by atoms with Crippen LogP contribution in [-0.4, -0.2) is 70.3 Å². The molecule has 4 heterocycles. The molecule has 1 saturated carbocycles. The van der Waals surface area contributed by atoms with E-state index in [0.29, 0.717) is 12.2 Å². The van der Waals surface area contributed by atoms with Gasteiger partial charge in [-0.1, -0.05) is 60.9 Å². The highest BCUT2D eigenvalue weighted by molar-refractivity contribution is 7.18. The van der Waals surface area contributed by atoms with E-state index in [4.69, 9.17) is 14.7 Å². The normalized spacial score (nSPS) is 19.6. The maximum absolute atomic E-state index is 9.31. The average Bonchev–Trinajstić information content (AvgIpc) is 3.49. The van der Waals surface area contributed by atoms with E-state index in [0.717, 1.165) is 83.8 Å². The van der Waals surface area contributed by atoms with Crippen molar-refractivity contribution in [2.24, 2.45) is 0 Å². The lowest BCUT2D eigenvalue weighted by molar-refractivity contribution is -0.0396. The van der Waals surface area contributed by atoms with E-state index < -0.39 is 0 Å². The van der Waals surface area contributed by atoms with Crippen LogP contribution < -0.4 is 9.80 Å². The average molecular weight is 533 g/mol. The summed E-state index contributed by atoms with van der Waals surface area (Å²) in [6.45, 7) is 3.68. The van der Waals surface area contributed by atoms with Gasteiger partial charge < -0.3 is 19.6 Å². The van der Waals surface area contributed by atoms with E-state index in [1.807, 2.05) is 12.4 Å². The number of aliphatic hydroxyl groups excluding tert-OH is 1. The maximum Gasteiger partial charge on any atom is 0.225 e. The highest BCUT2D eigenvalue weighted by Crippen LogP contribution is 2.32. The van der Waals surface area contributed by atoms with Crippen LogP contribution in [0, 0.1) is 0 Å². The molecule has 38 heavy (non-hydrogen) atoms. The Morgan fingerprint density at radius 3 is 2.21 bits per heavy atom. The number of aliphatic hydroxyl groups is 1. The standard InChI is InChI=1S/C29H36N6O2S/c36-20-21-10-14-35(15-11-21)29-33-32-27(38-29)23-8-6-22(7-9-23)24-18-30-28(31-19-24)34-16-12-26(13-17-34)37-25-4-2-1-3-5-25/h6-10,18-19,25-26,36H,1-5,11-17,20H2. The molecule has 2 aromatic heterocycles. The van der Waals surface area contributed by atoms with Crippen molar-refractivity contribution in [2.45, 2.75) is 63.6 Å². The fourth-order valence-electron chi connectivity index (χ4n) is 5.59. The van der Waals surface area contributed by atoms with E-state index in [1.54, 1.807) is 11.3 Å². The first-order valence-electron chi connectivity index (χ1n) is 14.0. The molecule has 0 atom stereocenters. The zero-order valence-corrected chi connectivity index (χ0v) is 22.7. The fraction of sp³-hybridized carbons (Fsp3) is 0.517. The predicted molar refractivity (Wildman–Crippen MR) is 152 cm³/mol. The lowest BCUT2D eigenvalue weighted by Crippen LogP contribution is -2.39. The van der Waals surface area contributed by atoms with Crippen molar-refractivity contribution >= 4 is 22.4 Å². The zero-order chi connectivity index (χ0) is 25.7. The van der Waals surface area contributed by atoms with Gasteiger partial charge in [0.1, 0.15) is 5.01 Å². The fourth-order valence-corrected chi connectivity index (χ4v) is 6.48. The SMILES string of the molecule is OCC1=CCN(c2nnc(-c3ccc(-c4cnc(N5CCC(OC6CCCCC6)CC5)nc4)cc3)s2)CC1. The third-order valence-electron chi connectivity index (χ3n) is 7.96. The van der Waals surface area contributed by atoms with Crippen molar-refractivity contribution in [3.05, 3.63) is 48.3 Å². The molecule has 6 rings (SSSR count). The van der Waals surface area contributed by atoms with Gasteiger partial charge in [-0.3, -0.25) is 0 Å². The van der Waals surface area contributed by atoms with Crippen LogP contribution in [0.4, 0.5) is 11.1 Å². The molecule has 1 saturated heterocycles. The molecule has 0 unspecified atom stereocenters. The molecule has 9 heteroatoms. The minimum Gasteiger partial charge on any atom is -0.392 e. The lowest BCUT2D eigenvalue weighted by atomic mass is 9.97. The van der Waals surface area contributed by atoms with Crippen LogP contribution in [0.5, 0.6) is 0 Å². The molecular formula is C29H36N6O2S. The Hall–Kier alpha value is -2.88. The van der Waals surface area contributed by atoms with Crippen LogP contribution in [-0.2, 0) is 4.74 Å². The van der Waals surface area contributed by atoms with Gasteiger partial charge in [-0.2, -0.15) is 0 Å². The number of hydrogen-bond donors (Lipinski definition) is 1. The molecule has 2 aliphatic heterocycles. The summed E-state index contributed by atoms with van der Waals surface area (Å²) in [5.74, 6) is 0.807. The van der Waals surface area contributed by atoms with E-state index >= 15 is 0 Å². The number of piperidine rings is 1. The van der Waals surface area contributed by atoms with E-state index in [1.165, 1.54) is 32.1 Å². The third-order valence-corrected chi connectivity index (χ3v) is 8.99. The number of hydrogen-bond acceptors (Lipinski definition) is 9. The van der Waals surface area contributed by atoms with Gasteiger partial charge in [-0.25, -0.2) is 9.97 Å². The summed E-state index contributed by atoms with van der Waals surface area (Å²) >= 11 is 1.60. The lowest BCUT2D eigenvalue weighted by Gasteiger charge is -2.34. The first kappa shape index (κ1) is 25.4. The summed E-state index contributed by atoms with van der Waals surface area (Å²) in [6, 6.07) is 8.37. The van der Waals surface area contributed by atoms with Gasteiger partial charge >= 0.3 is 0 Å². The molecule has 1 aromatic carbocycles. The number of benzene rings is 1. The second-order valence-corrected chi connectivity index (χ2v) is 11.5. The van der Waals surface area contributed by atoms with Crippen molar-refractivity contribution in [3.63, 3.8) is 0 Å². The van der Waals surface area contributed by atoms with Gasteiger partial charge in [0.15, 0.2) is 0 Å².